The average Bonchev–Trinajstić information content (AvgIpc) is 3.76. The van der Waals surface area contributed by atoms with E-state index in [1.165, 1.54) is 66.4 Å². The van der Waals surface area contributed by atoms with Gasteiger partial charge in [0.05, 0.1) is 5.41 Å². The van der Waals surface area contributed by atoms with Gasteiger partial charge in [0.1, 0.15) is 0 Å². The first kappa shape index (κ1) is 41.8. The van der Waals surface area contributed by atoms with Crippen molar-refractivity contribution < 1.29 is 0 Å². The molecule has 12 aromatic rings. The van der Waals surface area contributed by atoms with Gasteiger partial charge < -0.3 is 0 Å². The predicted octanol–water partition coefficient (Wildman–Crippen LogP) is 17.1. The number of aromatic nitrogens is 3. The fourth-order valence-electron chi connectivity index (χ4n) is 10.8. The van der Waals surface area contributed by atoms with Gasteiger partial charge in [0.15, 0.2) is 17.5 Å². The second-order valence-electron chi connectivity index (χ2n) is 18.3. The molecular weight excluding hydrogens is 859 g/mol. The standard InChI is InChI=1S/C68H45N3/c1-5-19-46(20-6-1)48-35-38-50(39-36-48)66-69-65(49-22-7-2-8-23-49)70-67(71-66)56-28-18-26-53(43-56)52-25-17-27-54(42-52)61-45-64-62(44-60(61)55-40-37-47-21-13-14-24-51(47)41-55)59-33-15-16-34-63(59)68(64,57-29-9-3-10-30-57)58-31-11-4-12-32-58/h1-45H. The van der Waals surface area contributed by atoms with E-state index in [0.29, 0.717) is 17.5 Å². The molecule has 0 atom stereocenters. The summed E-state index contributed by atoms with van der Waals surface area (Å²) in [6.07, 6.45) is 0. The van der Waals surface area contributed by atoms with E-state index in [2.05, 4.69) is 249 Å². The molecule has 0 spiro atoms. The zero-order valence-electron chi connectivity index (χ0n) is 38.8. The molecule has 1 heterocycles. The molecule has 3 heteroatoms. The summed E-state index contributed by atoms with van der Waals surface area (Å²) in [5.41, 5.74) is 19.0. The van der Waals surface area contributed by atoms with Gasteiger partial charge in [-0.05, 0) is 119 Å². The van der Waals surface area contributed by atoms with Crippen molar-refractivity contribution in [1.29, 1.82) is 0 Å². The van der Waals surface area contributed by atoms with Gasteiger partial charge in [-0.15, -0.1) is 0 Å². The first-order valence-electron chi connectivity index (χ1n) is 24.2. The molecule has 0 fully saturated rings. The zero-order valence-corrected chi connectivity index (χ0v) is 38.8. The van der Waals surface area contributed by atoms with Gasteiger partial charge in [-0.3, -0.25) is 0 Å². The largest absolute Gasteiger partial charge is 0.208 e. The summed E-state index contributed by atoms with van der Waals surface area (Å²) in [5.74, 6) is 1.88. The number of rotatable bonds is 9. The number of hydrogen-bond donors (Lipinski definition) is 0. The van der Waals surface area contributed by atoms with Crippen molar-refractivity contribution in [2.75, 3.05) is 0 Å². The van der Waals surface area contributed by atoms with Crippen molar-refractivity contribution in [3.8, 4) is 89.8 Å². The quantitative estimate of drug-likeness (QED) is 0.145. The Bertz CT molecular complexity index is 3870. The second kappa shape index (κ2) is 17.6. The normalized spacial score (nSPS) is 12.3. The molecule has 0 unspecified atom stereocenters. The third-order valence-corrected chi connectivity index (χ3v) is 14.2. The highest BCUT2D eigenvalue weighted by Gasteiger charge is 2.46. The van der Waals surface area contributed by atoms with E-state index in [4.69, 9.17) is 15.0 Å². The molecule has 0 amide bonds. The minimum Gasteiger partial charge on any atom is -0.208 e. The molecule has 0 aliphatic heterocycles. The fourth-order valence-corrected chi connectivity index (χ4v) is 10.8. The van der Waals surface area contributed by atoms with Crippen LogP contribution in [0.25, 0.3) is 101 Å². The lowest BCUT2D eigenvalue weighted by Gasteiger charge is -2.34. The summed E-state index contributed by atoms with van der Waals surface area (Å²) in [7, 11) is 0. The van der Waals surface area contributed by atoms with Crippen molar-refractivity contribution in [1.82, 2.24) is 15.0 Å². The lowest BCUT2D eigenvalue weighted by Crippen LogP contribution is -2.28. The Morgan fingerprint density at radius 1 is 0.211 bits per heavy atom. The van der Waals surface area contributed by atoms with Gasteiger partial charge in [-0.1, -0.05) is 243 Å². The maximum atomic E-state index is 5.16. The first-order chi connectivity index (χ1) is 35.2. The minimum atomic E-state index is -0.539. The van der Waals surface area contributed by atoms with Crippen molar-refractivity contribution in [2.45, 2.75) is 5.41 Å². The van der Waals surface area contributed by atoms with Crippen LogP contribution in [0.4, 0.5) is 0 Å². The van der Waals surface area contributed by atoms with E-state index in [1.807, 2.05) is 24.3 Å². The third-order valence-electron chi connectivity index (χ3n) is 14.2. The number of fused-ring (bicyclic) bond motifs is 4. The van der Waals surface area contributed by atoms with Crippen LogP contribution in [0.15, 0.2) is 273 Å². The molecule has 71 heavy (non-hydrogen) atoms. The summed E-state index contributed by atoms with van der Waals surface area (Å²) in [4.78, 5) is 15.3. The average molecular weight is 904 g/mol. The molecule has 0 bridgehead atoms. The Balaban J connectivity index is 0.971. The number of benzene rings is 11. The van der Waals surface area contributed by atoms with Gasteiger partial charge in [-0.2, -0.15) is 0 Å². The maximum absolute atomic E-state index is 5.16. The van der Waals surface area contributed by atoms with E-state index >= 15 is 0 Å². The van der Waals surface area contributed by atoms with Crippen molar-refractivity contribution in [3.05, 3.63) is 295 Å². The smallest absolute Gasteiger partial charge is 0.164 e. The van der Waals surface area contributed by atoms with E-state index in [1.54, 1.807) is 0 Å². The van der Waals surface area contributed by atoms with E-state index in [0.717, 1.165) is 38.9 Å². The SMILES string of the molecule is c1ccc(-c2ccc(-c3nc(-c4ccccc4)nc(-c4cccc(-c5cccc(-c6cc7c(cc6-c6ccc8ccccc8c6)-c6ccccc6C7(c6ccccc6)c6ccccc6)c5)c4)n3)cc2)cc1. The van der Waals surface area contributed by atoms with Crippen molar-refractivity contribution in [3.63, 3.8) is 0 Å². The molecule has 0 N–H and O–H groups in total. The van der Waals surface area contributed by atoms with Crippen LogP contribution in [0.2, 0.25) is 0 Å². The first-order valence-corrected chi connectivity index (χ1v) is 24.2. The Labute approximate surface area is 414 Å². The Kier molecular flexibility index (Phi) is 10.4. The van der Waals surface area contributed by atoms with Crippen LogP contribution in [0, 0.1) is 0 Å². The monoisotopic (exact) mass is 903 g/mol. The van der Waals surface area contributed by atoms with Crippen LogP contribution in [0.5, 0.6) is 0 Å². The molecule has 0 radical (unpaired) electrons. The molecule has 13 rings (SSSR count). The lowest BCUT2D eigenvalue weighted by molar-refractivity contribution is 0.769. The van der Waals surface area contributed by atoms with Crippen molar-refractivity contribution >= 4 is 10.8 Å². The van der Waals surface area contributed by atoms with Gasteiger partial charge in [-0.25, -0.2) is 15.0 Å². The van der Waals surface area contributed by atoms with Crippen molar-refractivity contribution in [2.24, 2.45) is 0 Å². The van der Waals surface area contributed by atoms with Crippen LogP contribution in [0.3, 0.4) is 0 Å². The summed E-state index contributed by atoms with van der Waals surface area (Å²) in [6, 6.07) is 98.3. The number of nitrogens with zero attached hydrogens (tertiary/aromatic N) is 3. The van der Waals surface area contributed by atoms with Crippen LogP contribution < -0.4 is 0 Å². The molecule has 332 valence electrons. The summed E-state index contributed by atoms with van der Waals surface area (Å²) in [6.45, 7) is 0. The molecule has 0 saturated heterocycles. The van der Waals surface area contributed by atoms with E-state index < -0.39 is 5.41 Å². The molecule has 1 aliphatic carbocycles. The summed E-state index contributed by atoms with van der Waals surface area (Å²) < 4.78 is 0. The van der Waals surface area contributed by atoms with Gasteiger partial charge in [0, 0.05) is 16.7 Å². The van der Waals surface area contributed by atoms with Gasteiger partial charge in [0.2, 0.25) is 0 Å². The summed E-state index contributed by atoms with van der Waals surface area (Å²) >= 11 is 0. The van der Waals surface area contributed by atoms with E-state index in [9.17, 15) is 0 Å². The minimum absolute atomic E-state index is 0.539. The molecule has 1 aliphatic rings. The third kappa shape index (κ3) is 7.43. The Morgan fingerprint density at radius 3 is 1.30 bits per heavy atom. The van der Waals surface area contributed by atoms with Crippen LogP contribution >= 0.6 is 0 Å². The maximum Gasteiger partial charge on any atom is 0.164 e. The molecule has 0 saturated carbocycles. The molecular formula is C68H45N3. The zero-order chi connectivity index (χ0) is 47.1. The van der Waals surface area contributed by atoms with Gasteiger partial charge >= 0.3 is 0 Å². The summed E-state index contributed by atoms with van der Waals surface area (Å²) in [5, 5.41) is 2.44. The number of hydrogen-bond acceptors (Lipinski definition) is 3. The highest BCUT2D eigenvalue weighted by atomic mass is 15.0. The van der Waals surface area contributed by atoms with Crippen LogP contribution in [-0.4, -0.2) is 15.0 Å². The highest BCUT2D eigenvalue weighted by molar-refractivity contribution is 5.97. The predicted molar refractivity (Wildman–Crippen MR) is 293 cm³/mol. The second-order valence-corrected chi connectivity index (χ2v) is 18.3. The lowest BCUT2D eigenvalue weighted by atomic mass is 9.67. The Hall–Kier alpha value is -9.31. The highest BCUT2D eigenvalue weighted by Crippen LogP contribution is 2.58. The molecule has 3 nitrogen and oxygen atoms in total. The Morgan fingerprint density at radius 2 is 0.634 bits per heavy atom. The van der Waals surface area contributed by atoms with E-state index in [-0.39, 0.29) is 0 Å². The topological polar surface area (TPSA) is 38.7 Å². The van der Waals surface area contributed by atoms with Crippen LogP contribution in [0.1, 0.15) is 22.3 Å². The van der Waals surface area contributed by atoms with Gasteiger partial charge in [0.25, 0.3) is 0 Å². The fraction of sp³-hybridized carbons (Fsp3) is 0.0147. The molecule has 11 aromatic carbocycles. The molecule has 1 aromatic heterocycles. The van der Waals surface area contributed by atoms with Crippen LogP contribution in [-0.2, 0) is 5.41 Å².